The Labute approximate surface area is 100.0 Å². The molecule has 0 spiro atoms. The monoisotopic (exact) mass is 229 g/mol. The van der Waals surface area contributed by atoms with Crippen molar-refractivity contribution in [2.75, 3.05) is 0 Å². The van der Waals surface area contributed by atoms with E-state index in [4.69, 9.17) is 0 Å². The summed E-state index contributed by atoms with van der Waals surface area (Å²) >= 11 is 0. The second-order valence-electron chi connectivity index (χ2n) is 3.78. The van der Waals surface area contributed by atoms with E-state index < -0.39 is 0 Å². The number of hydrogen-bond donors (Lipinski definition) is 1. The number of aromatic nitrogens is 3. The van der Waals surface area contributed by atoms with Gasteiger partial charge in [0.05, 0.1) is 11.9 Å². The molecule has 4 heteroatoms. The first-order valence-corrected chi connectivity index (χ1v) is 5.60. The molecule has 2 aromatic rings. The third-order valence-corrected chi connectivity index (χ3v) is 2.72. The zero-order valence-corrected chi connectivity index (χ0v) is 9.97. The van der Waals surface area contributed by atoms with Crippen LogP contribution in [0.4, 0.5) is 0 Å². The quantitative estimate of drug-likeness (QED) is 0.646. The first kappa shape index (κ1) is 11.4. The lowest BCUT2D eigenvalue weighted by Crippen LogP contribution is -1.98. The Morgan fingerprint density at radius 1 is 1.59 bits per heavy atom. The van der Waals surface area contributed by atoms with Crippen LogP contribution >= 0.6 is 0 Å². The van der Waals surface area contributed by atoms with Crippen molar-refractivity contribution >= 4 is 11.9 Å². The molecule has 0 bridgehead atoms. The van der Waals surface area contributed by atoms with E-state index in [0.717, 1.165) is 17.8 Å². The van der Waals surface area contributed by atoms with Crippen LogP contribution in [0.3, 0.4) is 0 Å². The summed E-state index contributed by atoms with van der Waals surface area (Å²) in [5, 5.41) is 4.22. The molecule has 1 N–H and O–H groups in total. The Balaban J connectivity index is 2.15. The van der Waals surface area contributed by atoms with E-state index >= 15 is 0 Å². The maximum Gasteiger partial charge on any atom is 0.201 e. The summed E-state index contributed by atoms with van der Waals surface area (Å²) < 4.78 is 1.90. The number of aromatic amines is 1. The van der Waals surface area contributed by atoms with E-state index in [0.29, 0.717) is 5.69 Å². The van der Waals surface area contributed by atoms with Crippen molar-refractivity contribution in [1.29, 1.82) is 0 Å². The van der Waals surface area contributed by atoms with Gasteiger partial charge >= 0.3 is 0 Å². The summed E-state index contributed by atoms with van der Waals surface area (Å²) in [6.45, 7) is 4.87. The van der Waals surface area contributed by atoms with Crippen LogP contribution in [0.1, 0.15) is 28.7 Å². The van der Waals surface area contributed by atoms with Crippen LogP contribution < -0.4 is 0 Å². The molecule has 2 aromatic heterocycles. The van der Waals surface area contributed by atoms with E-state index in [1.165, 1.54) is 0 Å². The van der Waals surface area contributed by atoms with E-state index in [-0.39, 0.29) is 5.78 Å². The fourth-order valence-electron chi connectivity index (χ4n) is 1.68. The number of H-pyrrole nitrogens is 1. The average Bonchev–Trinajstić information content (AvgIpc) is 2.96. The van der Waals surface area contributed by atoms with E-state index in [1.54, 1.807) is 36.7 Å². The molecule has 88 valence electrons. The third-order valence-electron chi connectivity index (χ3n) is 2.72. The molecule has 0 radical (unpaired) electrons. The SMILES string of the molecule is CCn1ncc(/C=C/C(=O)c2ccc[nH]2)c1C. The van der Waals surface area contributed by atoms with Crippen LogP contribution in [-0.2, 0) is 6.54 Å². The summed E-state index contributed by atoms with van der Waals surface area (Å²) in [6, 6.07) is 3.57. The Hall–Kier alpha value is -2.10. The van der Waals surface area contributed by atoms with Crippen molar-refractivity contribution < 1.29 is 4.79 Å². The maximum atomic E-state index is 11.7. The number of hydrogen-bond acceptors (Lipinski definition) is 2. The normalized spacial score (nSPS) is 11.2. The molecule has 0 aromatic carbocycles. The van der Waals surface area contributed by atoms with Gasteiger partial charge in [-0.05, 0) is 38.1 Å². The van der Waals surface area contributed by atoms with Gasteiger partial charge in [0, 0.05) is 24.0 Å². The van der Waals surface area contributed by atoms with Crippen molar-refractivity contribution in [3.05, 3.63) is 47.6 Å². The molecule has 2 heterocycles. The number of carbonyl (C=O) groups excluding carboxylic acids is 1. The van der Waals surface area contributed by atoms with Crippen LogP contribution in [0.25, 0.3) is 6.08 Å². The number of carbonyl (C=O) groups is 1. The molecular formula is C13H15N3O. The van der Waals surface area contributed by atoms with Crippen molar-refractivity contribution in [2.45, 2.75) is 20.4 Å². The van der Waals surface area contributed by atoms with Crippen LogP contribution in [0.5, 0.6) is 0 Å². The van der Waals surface area contributed by atoms with Crippen molar-refractivity contribution in [3.63, 3.8) is 0 Å². The van der Waals surface area contributed by atoms with Gasteiger partial charge in [0.2, 0.25) is 5.78 Å². The lowest BCUT2D eigenvalue weighted by Gasteiger charge is -1.98. The zero-order chi connectivity index (χ0) is 12.3. The molecule has 0 unspecified atom stereocenters. The largest absolute Gasteiger partial charge is 0.359 e. The molecule has 2 rings (SSSR count). The first-order chi connectivity index (χ1) is 8.22. The first-order valence-electron chi connectivity index (χ1n) is 5.60. The van der Waals surface area contributed by atoms with Gasteiger partial charge in [0.1, 0.15) is 0 Å². The lowest BCUT2D eigenvalue weighted by atomic mass is 10.2. The molecule has 0 saturated carbocycles. The molecule has 0 fully saturated rings. The molecule has 0 saturated heterocycles. The predicted octanol–water partition coefficient (Wildman–Crippen LogP) is 2.44. The highest BCUT2D eigenvalue weighted by atomic mass is 16.1. The smallest absolute Gasteiger partial charge is 0.201 e. The second kappa shape index (κ2) is 4.82. The van der Waals surface area contributed by atoms with Gasteiger partial charge in [-0.3, -0.25) is 9.48 Å². The van der Waals surface area contributed by atoms with Gasteiger partial charge in [0.15, 0.2) is 0 Å². The lowest BCUT2D eigenvalue weighted by molar-refractivity contribution is 0.104. The molecule has 0 amide bonds. The number of aryl methyl sites for hydroxylation is 1. The number of rotatable bonds is 4. The van der Waals surface area contributed by atoms with E-state index in [2.05, 4.69) is 10.1 Å². The summed E-state index contributed by atoms with van der Waals surface area (Å²) in [6.07, 6.45) is 6.88. The number of nitrogens with zero attached hydrogens (tertiary/aromatic N) is 2. The predicted molar refractivity (Wildman–Crippen MR) is 66.8 cm³/mol. The van der Waals surface area contributed by atoms with Gasteiger partial charge in [0.25, 0.3) is 0 Å². The highest BCUT2D eigenvalue weighted by molar-refractivity contribution is 6.05. The van der Waals surface area contributed by atoms with E-state index in [9.17, 15) is 4.79 Å². The molecule has 0 aliphatic rings. The van der Waals surface area contributed by atoms with Crippen molar-refractivity contribution in [3.8, 4) is 0 Å². The standard InChI is InChI=1S/C13H15N3O/c1-3-16-10(2)11(9-15-16)6-7-13(17)12-5-4-8-14-12/h4-9,14H,3H2,1-2H3/b7-6+. The van der Waals surface area contributed by atoms with Crippen molar-refractivity contribution in [2.24, 2.45) is 0 Å². The highest BCUT2D eigenvalue weighted by Gasteiger charge is 2.04. The zero-order valence-electron chi connectivity index (χ0n) is 9.97. The van der Waals surface area contributed by atoms with Gasteiger partial charge < -0.3 is 4.98 Å². The Morgan fingerprint density at radius 2 is 2.41 bits per heavy atom. The summed E-state index contributed by atoms with van der Waals surface area (Å²) in [5.74, 6) is -0.0290. The summed E-state index contributed by atoms with van der Waals surface area (Å²) in [7, 11) is 0. The van der Waals surface area contributed by atoms with Crippen molar-refractivity contribution in [1.82, 2.24) is 14.8 Å². The van der Waals surface area contributed by atoms with Crippen LogP contribution in [-0.4, -0.2) is 20.5 Å². The van der Waals surface area contributed by atoms with Gasteiger partial charge in [-0.2, -0.15) is 5.10 Å². The second-order valence-corrected chi connectivity index (χ2v) is 3.78. The fraction of sp³-hybridized carbons (Fsp3) is 0.231. The highest BCUT2D eigenvalue weighted by Crippen LogP contribution is 2.10. The Morgan fingerprint density at radius 3 is 3.00 bits per heavy atom. The van der Waals surface area contributed by atoms with Gasteiger partial charge in [-0.15, -0.1) is 0 Å². The van der Waals surface area contributed by atoms with Crippen LogP contribution in [0.15, 0.2) is 30.6 Å². The topological polar surface area (TPSA) is 50.7 Å². The molecule has 0 atom stereocenters. The summed E-state index contributed by atoms with van der Waals surface area (Å²) in [5.41, 5.74) is 2.65. The number of ketones is 1. The van der Waals surface area contributed by atoms with E-state index in [1.807, 2.05) is 18.5 Å². The molecular weight excluding hydrogens is 214 g/mol. The average molecular weight is 229 g/mol. The third kappa shape index (κ3) is 2.36. The van der Waals surface area contributed by atoms with Gasteiger partial charge in [-0.25, -0.2) is 0 Å². The van der Waals surface area contributed by atoms with Crippen LogP contribution in [0, 0.1) is 6.92 Å². The maximum absolute atomic E-state index is 11.7. The molecule has 4 nitrogen and oxygen atoms in total. The molecule has 0 aliphatic carbocycles. The number of allylic oxidation sites excluding steroid dienone is 1. The van der Waals surface area contributed by atoms with Gasteiger partial charge in [-0.1, -0.05) is 0 Å². The minimum Gasteiger partial charge on any atom is -0.359 e. The minimum atomic E-state index is -0.0290. The van der Waals surface area contributed by atoms with Crippen LogP contribution in [0.2, 0.25) is 0 Å². The summed E-state index contributed by atoms with van der Waals surface area (Å²) in [4.78, 5) is 14.6. The molecule has 0 aliphatic heterocycles. The Bertz CT molecular complexity index is 535. The number of nitrogens with one attached hydrogen (secondary N) is 1. The fourth-order valence-corrected chi connectivity index (χ4v) is 1.68. The molecule has 17 heavy (non-hydrogen) atoms. The minimum absolute atomic E-state index is 0.0290. The Kier molecular flexibility index (Phi) is 3.23.